The third kappa shape index (κ3) is 5.90. The van der Waals surface area contributed by atoms with Crippen molar-refractivity contribution in [2.75, 3.05) is 13.2 Å². The van der Waals surface area contributed by atoms with Gasteiger partial charge >= 0.3 is 0 Å². The molecule has 1 aromatic heterocycles. The Bertz CT molecular complexity index is 547. The summed E-state index contributed by atoms with van der Waals surface area (Å²) in [6, 6.07) is 12.5. The molecule has 0 saturated heterocycles. The monoisotopic (exact) mass is 283 g/mol. The molecule has 110 valence electrons. The molecule has 1 aromatic carbocycles. The van der Waals surface area contributed by atoms with Gasteiger partial charge in [-0.15, -0.1) is 0 Å². The van der Waals surface area contributed by atoms with Gasteiger partial charge in [0.2, 0.25) is 0 Å². The van der Waals surface area contributed by atoms with E-state index in [0.717, 1.165) is 12.0 Å². The molecule has 0 fully saturated rings. The van der Waals surface area contributed by atoms with Gasteiger partial charge in [0.1, 0.15) is 0 Å². The van der Waals surface area contributed by atoms with Crippen molar-refractivity contribution < 1.29 is 9.84 Å². The Morgan fingerprint density at radius 1 is 1.19 bits per heavy atom. The maximum absolute atomic E-state index is 9.07. The van der Waals surface area contributed by atoms with Gasteiger partial charge in [0, 0.05) is 12.4 Å². The molecular formula is C18H21NO2. The zero-order chi connectivity index (χ0) is 14.9. The van der Waals surface area contributed by atoms with Crippen molar-refractivity contribution in [3.05, 3.63) is 71.6 Å². The molecule has 0 saturated carbocycles. The van der Waals surface area contributed by atoms with Gasteiger partial charge in [0.25, 0.3) is 0 Å². The fourth-order valence-corrected chi connectivity index (χ4v) is 1.98. The number of nitrogens with zero attached hydrogens (tertiary/aromatic N) is 1. The van der Waals surface area contributed by atoms with E-state index in [9.17, 15) is 0 Å². The highest BCUT2D eigenvalue weighted by molar-refractivity contribution is 5.50. The molecule has 1 atom stereocenters. The minimum atomic E-state index is -0.412. The number of hydrogen-bond donors (Lipinski definition) is 1. The maximum Gasteiger partial charge on any atom is 0.0745 e. The minimum Gasteiger partial charge on any atom is -0.391 e. The lowest BCUT2D eigenvalue weighted by atomic mass is 10.0. The molecule has 0 amide bonds. The second-order valence-electron chi connectivity index (χ2n) is 5.07. The first-order valence-corrected chi connectivity index (χ1v) is 7.14. The number of aromatic nitrogens is 1. The molecule has 2 rings (SSSR count). The highest BCUT2D eigenvalue weighted by Crippen LogP contribution is 2.11. The summed E-state index contributed by atoms with van der Waals surface area (Å²) in [4.78, 5) is 4.13. The number of aliphatic hydroxyl groups is 1. The van der Waals surface area contributed by atoms with Crippen LogP contribution >= 0.6 is 0 Å². The van der Waals surface area contributed by atoms with Gasteiger partial charge in [-0.05, 0) is 36.1 Å². The van der Waals surface area contributed by atoms with Crippen molar-refractivity contribution in [2.45, 2.75) is 19.4 Å². The number of rotatable bonds is 7. The second-order valence-corrected chi connectivity index (χ2v) is 5.07. The molecule has 0 bridgehead atoms. The number of ether oxygens (including phenoxy) is 1. The van der Waals surface area contributed by atoms with E-state index in [-0.39, 0.29) is 0 Å². The zero-order valence-electron chi connectivity index (χ0n) is 12.3. The first kappa shape index (κ1) is 15.4. The summed E-state index contributed by atoms with van der Waals surface area (Å²) in [6.07, 6.45) is 8.15. The van der Waals surface area contributed by atoms with Gasteiger partial charge in [0.15, 0.2) is 0 Å². The van der Waals surface area contributed by atoms with Crippen molar-refractivity contribution >= 4 is 6.08 Å². The Balaban J connectivity index is 1.83. The fraction of sp³-hybridized carbons (Fsp3) is 0.278. The number of pyridine rings is 1. The van der Waals surface area contributed by atoms with Crippen molar-refractivity contribution in [1.82, 2.24) is 4.98 Å². The van der Waals surface area contributed by atoms with E-state index in [0.29, 0.717) is 13.2 Å². The third-order valence-electron chi connectivity index (χ3n) is 2.99. The smallest absolute Gasteiger partial charge is 0.0745 e. The SMILES string of the molecule is CC(O)COC/C=C/c1ccc(Cc2cccnc2)cc1. The van der Waals surface area contributed by atoms with Crippen LogP contribution in [0.25, 0.3) is 6.08 Å². The molecule has 21 heavy (non-hydrogen) atoms. The van der Waals surface area contributed by atoms with Crippen molar-refractivity contribution in [2.24, 2.45) is 0 Å². The van der Waals surface area contributed by atoms with Crippen LogP contribution in [0.1, 0.15) is 23.6 Å². The lowest BCUT2D eigenvalue weighted by molar-refractivity contribution is 0.0600. The fourth-order valence-electron chi connectivity index (χ4n) is 1.98. The van der Waals surface area contributed by atoms with Crippen LogP contribution in [-0.2, 0) is 11.2 Å². The van der Waals surface area contributed by atoms with Crippen molar-refractivity contribution in [3.8, 4) is 0 Å². The first-order valence-electron chi connectivity index (χ1n) is 7.14. The molecule has 0 aliphatic heterocycles. The highest BCUT2D eigenvalue weighted by Gasteiger charge is 1.96. The largest absolute Gasteiger partial charge is 0.391 e. The van der Waals surface area contributed by atoms with Crippen LogP contribution < -0.4 is 0 Å². The first-order chi connectivity index (χ1) is 10.2. The van der Waals surface area contributed by atoms with Gasteiger partial charge in [-0.3, -0.25) is 4.98 Å². The number of hydrogen-bond acceptors (Lipinski definition) is 3. The molecule has 1 unspecified atom stereocenters. The van der Waals surface area contributed by atoms with Crippen molar-refractivity contribution in [1.29, 1.82) is 0 Å². The van der Waals surface area contributed by atoms with Gasteiger partial charge in [-0.2, -0.15) is 0 Å². The van der Waals surface area contributed by atoms with Gasteiger partial charge in [-0.1, -0.05) is 42.5 Å². The Morgan fingerprint density at radius 2 is 2.00 bits per heavy atom. The maximum atomic E-state index is 9.07. The molecule has 0 spiro atoms. The van der Waals surface area contributed by atoms with E-state index in [2.05, 4.69) is 35.3 Å². The Labute approximate surface area is 125 Å². The lowest BCUT2D eigenvalue weighted by Gasteiger charge is -2.03. The summed E-state index contributed by atoms with van der Waals surface area (Å²) in [5.74, 6) is 0. The molecular weight excluding hydrogens is 262 g/mol. The molecule has 3 nitrogen and oxygen atoms in total. The predicted molar refractivity (Wildman–Crippen MR) is 85.0 cm³/mol. The van der Waals surface area contributed by atoms with Crippen LogP contribution in [0.5, 0.6) is 0 Å². The molecule has 2 aromatic rings. The van der Waals surface area contributed by atoms with Crippen LogP contribution in [0.15, 0.2) is 54.9 Å². The number of aliphatic hydroxyl groups excluding tert-OH is 1. The van der Waals surface area contributed by atoms with Crippen LogP contribution in [0.3, 0.4) is 0 Å². The summed E-state index contributed by atoms with van der Waals surface area (Å²) in [7, 11) is 0. The summed E-state index contributed by atoms with van der Waals surface area (Å²) in [5.41, 5.74) is 3.63. The standard InChI is InChI=1S/C18H21NO2/c1-15(20)14-21-11-3-5-16-6-8-17(9-7-16)12-18-4-2-10-19-13-18/h2-10,13,15,20H,11-12,14H2,1H3/b5-3+. The Morgan fingerprint density at radius 3 is 2.67 bits per heavy atom. The Hall–Kier alpha value is -1.97. The van der Waals surface area contributed by atoms with Crippen LogP contribution in [-0.4, -0.2) is 29.4 Å². The van der Waals surface area contributed by atoms with Gasteiger partial charge < -0.3 is 9.84 Å². The molecule has 1 N–H and O–H groups in total. The quantitative estimate of drug-likeness (QED) is 0.794. The number of benzene rings is 1. The van der Waals surface area contributed by atoms with Crippen LogP contribution in [0, 0.1) is 0 Å². The second kappa shape index (κ2) is 8.35. The summed E-state index contributed by atoms with van der Waals surface area (Å²) in [5, 5.41) is 9.07. The molecule has 0 aliphatic rings. The lowest BCUT2D eigenvalue weighted by Crippen LogP contribution is -2.09. The van der Waals surface area contributed by atoms with E-state index in [1.54, 1.807) is 13.1 Å². The van der Waals surface area contributed by atoms with E-state index in [1.807, 2.05) is 24.4 Å². The molecule has 0 radical (unpaired) electrons. The highest BCUT2D eigenvalue weighted by atomic mass is 16.5. The normalized spacial score (nSPS) is 12.7. The molecule has 3 heteroatoms. The molecule has 0 aliphatic carbocycles. The molecule has 1 heterocycles. The van der Waals surface area contributed by atoms with Crippen molar-refractivity contribution in [3.63, 3.8) is 0 Å². The third-order valence-corrected chi connectivity index (χ3v) is 2.99. The summed E-state index contributed by atoms with van der Waals surface area (Å²) < 4.78 is 5.28. The summed E-state index contributed by atoms with van der Waals surface area (Å²) in [6.45, 7) is 2.60. The zero-order valence-corrected chi connectivity index (χ0v) is 12.3. The average molecular weight is 283 g/mol. The van der Waals surface area contributed by atoms with Crippen LogP contribution in [0.2, 0.25) is 0 Å². The van der Waals surface area contributed by atoms with Gasteiger partial charge in [0.05, 0.1) is 19.3 Å². The predicted octanol–water partition coefficient (Wildman–Crippen LogP) is 3.08. The van der Waals surface area contributed by atoms with E-state index >= 15 is 0 Å². The van der Waals surface area contributed by atoms with E-state index in [4.69, 9.17) is 9.84 Å². The van der Waals surface area contributed by atoms with E-state index < -0.39 is 6.10 Å². The van der Waals surface area contributed by atoms with Crippen LogP contribution in [0.4, 0.5) is 0 Å². The van der Waals surface area contributed by atoms with E-state index in [1.165, 1.54) is 11.1 Å². The Kier molecular flexibility index (Phi) is 6.13. The van der Waals surface area contributed by atoms with Gasteiger partial charge in [-0.25, -0.2) is 0 Å². The topological polar surface area (TPSA) is 42.4 Å². The summed E-state index contributed by atoms with van der Waals surface area (Å²) >= 11 is 0. The minimum absolute atomic E-state index is 0.369. The average Bonchev–Trinajstić information content (AvgIpc) is 2.49.